The summed E-state index contributed by atoms with van der Waals surface area (Å²) in [7, 11) is 2.08. The molecule has 1 heterocycles. The minimum absolute atomic E-state index is 0.563. The van der Waals surface area contributed by atoms with Crippen LogP contribution in [0.4, 0.5) is 0 Å². The standard InChI is InChI=1S/C15H19NS/c1-3-10-9-17-15-7-11-5-4-6-14(16-2)12(11)8-13(10)15/h7-9,14,16H,3-6H2,1-2H3. The number of hydrogen-bond donors (Lipinski definition) is 1. The molecule has 1 atom stereocenters. The van der Waals surface area contributed by atoms with Crippen LogP contribution in [0, 0.1) is 0 Å². The van der Waals surface area contributed by atoms with Crippen molar-refractivity contribution >= 4 is 21.4 Å². The van der Waals surface area contributed by atoms with E-state index in [0.29, 0.717) is 6.04 Å². The molecule has 0 amide bonds. The Morgan fingerprint density at radius 3 is 3.06 bits per heavy atom. The maximum atomic E-state index is 3.46. The third-order valence-corrected chi connectivity index (χ3v) is 4.95. The van der Waals surface area contributed by atoms with Crippen molar-refractivity contribution in [1.29, 1.82) is 0 Å². The molecule has 2 aromatic rings. The quantitative estimate of drug-likeness (QED) is 0.841. The second-order valence-electron chi connectivity index (χ2n) is 4.90. The van der Waals surface area contributed by atoms with Crippen molar-refractivity contribution < 1.29 is 0 Å². The van der Waals surface area contributed by atoms with Crippen LogP contribution >= 0.6 is 11.3 Å². The van der Waals surface area contributed by atoms with Crippen molar-refractivity contribution in [3.8, 4) is 0 Å². The lowest BCUT2D eigenvalue weighted by Gasteiger charge is -2.25. The Balaban J connectivity index is 2.20. The highest BCUT2D eigenvalue weighted by Gasteiger charge is 2.20. The highest BCUT2D eigenvalue weighted by Crippen LogP contribution is 2.36. The maximum Gasteiger partial charge on any atom is 0.0348 e. The van der Waals surface area contributed by atoms with Gasteiger partial charge in [0.05, 0.1) is 0 Å². The number of nitrogens with one attached hydrogen (secondary N) is 1. The van der Waals surface area contributed by atoms with E-state index in [2.05, 4.69) is 36.8 Å². The van der Waals surface area contributed by atoms with Crippen LogP contribution in [-0.2, 0) is 12.8 Å². The number of hydrogen-bond acceptors (Lipinski definition) is 2. The number of benzene rings is 1. The molecule has 3 rings (SSSR count). The first-order chi connectivity index (χ1) is 8.33. The normalized spacial score (nSPS) is 19.5. The molecule has 90 valence electrons. The molecule has 0 saturated carbocycles. The lowest BCUT2D eigenvalue weighted by molar-refractivity contribution is 0.497. The van der Waals surface area contributed by atoms with Gasteiger partial charge < -0.3 is 5.32 Å². The van der Waals surface area contributed by atoms with E-state index in [1.807, 2.05) is 11.3 Å². The first-order valence-electron chi connectivity index (χ1n) is 6.53. The van der Waals surface area contributed by atoms with Crippen LogP contribution in [0.25, 0.3) is 10.1 Å². The van der Waals surface area contributed by atoms with Gasteiger partial charge in [0.1, 0.15) is 0 Å². The average molecular weight is 245 g/mol. The van der Waals surface area contributed by atoms with E-state index < -0.39 is 0 Å². The van der Waals surface area contributed by atoms with E-state index in [0.717, 1.165) is 6.42 Å². The number of rotatable bonds is 2. The molecule has 1 unspecified atom stereocenters. The summed E-state index contributed by atoms with van der Waals surface area (Å²) in [4.78, 5) is 0. The highest BCUT2D eigenvalue weighted by atomic mass is 32.1. The second kappa shape index (κ2) is 4.43. The van der Waals surface area contributed by atoms with E-state index in [9.17, 15) is 0 Å². The predicted molar refractivity (Wildman–Crippen MR) is 75.9 cm³/mol. The molecule has 1 aromatic carbocycles. The Morgan fingerprint density at radius 1 is 1.41 bits per heavy atom. The van der Waals surface area contributed by atoms with Gasteiger partial charge in [-0.15, -0.1) is 11.3 Å². The molecular formula is C15H19NS. The van der Waals surface area contributed by atoms with Gasteiger partial charge in [0.25, 0.3) is 0 Å². The van der Waals surface area contributed by atoms with E-state index in [1.54, 1.807) is 11.1 Å². The zero-order chi connectivity index (χ0) is 11.8. The van der Waals surface area contributed by atoms with Crippen molar-refractivity contribution in [2.24, 2.45) is 0 Å². The highest BCUT2D eigenvalue weighted by molar-refractivity contribution is 7.17. The van der Waals surface area contributed by atoms with Crippen molar-refractivity contribution in [2.45, 2.75) is 38.6 Å². The van der Waals surface area contributed by atoms with Crippen LogP contribution < -0.4 is 5.32 Å². The molecule has 0 radical (unpaired) electrons. The fraction of sp³-hybridized carbons (Fsp3) is 0.467. The summed E-state index contributed by atoms with van der Waals surface area (Å²) < 4.78 is 1.47. The van der Waals surface area contributed by atoms with Gasteiger partial charge in [-0.2, -0.15) is 0 Å². The molecular weight excluding hydrogens is 226 g/mol. The van der Waals surface area contributed by atoms with Gasteiger partial charge in [0.15, 0.2) is 0 Å². The molecule has 1 aliphatic rings. The van der Waals surface area contributed by atoms with E-state index in [-0.39, 0.29) is 0 Å². The van der Waals surface area contributed by atoms with Gasteiger partial charge in [-0.3, -0.25) is 0 Å². The van der Waals surface area contributed by atoms with Crippen LogP contribution in [0.15, 0.2) is 17.5 Å². The van der Waals surface area contributed by atoms with Crippen LogP contribution in [0.3, 0.4) is 0 Å². The third-order valence-electron chi connectivity index (χ3n) is 3.96. The Kier molecular flexibility index (Phi) is 2.93. The van der Waals surface area contributed by atoms with Crippen LogP contribution in [-0.4, -0.2) is 7.05 Å². The Labute approximate surface area is 107 Å². The van der Waals surface area contributed by atoms with E-state index >= 15 is 0 Å². The molecule has 0 bridgehead atoms. The van der Waals surface area contributed by atoms with Gasteiger partial charge >= 0.3 is 0 Å². The fourth-order valence-corrected chi connectivity index (χ4v) is 4.04. The summed E-state index contributed by atoms with van der Waals surface area (Å²) in [6, 6.07) is 5.44. The Morgan fingerprint density at radius 2 is 2.29 bits per heavy atom. The molecule has 0 saturated heterocycles. The van der Waals surface area contributed by atoms with Crippen molar-refractivity contribution in [3.63, 3.8) is 0 Å². The zero-order valence-corrected chi connectivity index (χ0v) is 11.4. The maximum absolute atomic E-state index is 3.46. The minimum atomic E-state index is 0.563. The van der Waals surface area contributed by atoms with Gasteiger partial charge in [-0.05, 0) is 72.3 Å². The van der Waals surface area contributed by atoms with Crippen molar-refractivity contribution in [1.82, 2.24) is 5.32 Å². The topological polar surface area (TPSA) is 12.0 Å². The molecule has 1 nitrogen and oxygen atoms in total. The molecule has 0 aliphatic heterocycles. The lowest BCUT2D eigenvalue weighted by atomic mass is 9.86. The lowest BCUT2D eigenvalue weighted by Crippen LogP contribution is -2.21. The Hall–Kier alpha value is -0.860. The van der Waals surface area contributed by atoms with E-state index in [1.165, 1.54) is 34.9 Å². The average Bonchev–Trinajstić information content (AvgIpc) is 2.77. The SMILES string of the molecule is CCc1csc2cc3c(cc12)C(NC)CCC3. The summed E-state index contributed by atoms with van der Waals surface area (Å²) in [5, 5.41) is 7.27. The smallest absolute Gasteiger partial charge is 0.0348 e. The van der Waals surface area contributed by atoms with Crippen LogP contribution in [0.5, 0.6) is 0 Å². The molecule has 0 spiro atoms. The van der Waals surface area contributed by atoms with Crippen LogP contribution in [0.2, 0.25) is 0 Å². The van der Waals surface area contributed by atoms with Gasteiger partial charge in [0.2, 0.25) is 0 Å². The summed E-state index contributed by atoms with van der Waals surface area (Å²) in [6.07, 6.45) is 4.99. The Bertz CT molecular complexity index is 541. The van der Waals surface area contributed by atoms with Gasteiger partial charge in [0, 0.05) is 10.7 Å². The molecule has 0 fully saturated rings. The number of fused-ring (bicyclic) bond motifs is 2. The summed E-state index contributed by atoms with van der Waals surface area (Å²) in [5.74, 6) is 0. The minimum Gasteiger partial charge on any atom is -0.313 e. The van der Waals surface area contributed by atoms with Gasteiger partial charge in [-0.1, -0.05) is 6.92 Å². The van der Waals surface area contributed by atoms with Crippen molar-refractivity contribution in [3.05, 3.63) is 34.2 Å². The van der Waals surface area contributed by atoms with Gasteiger partial charge in [-0.25, -0.2) is 0 Å². The molecule has 17 heavy (non-hydrogen) atoms. The second-order valence-corrected chi connectivity index (χ2v) is 5.81. The molecule has 2 heteroatoms. The monoisotopic (exact) mass is 245 g/mol. The van der Waals surface area contributed by atoms with E-state index in [4.69, 9.17) is 0 Å². The summed E-state index contributed by atoms with van der Waals surface area (Å²) >= 11 is 1.90. The number of thiophene rings is 1. The fourth-order valence-electron chi connectivity index (χ4n) is 2.95. The molecule has 1 N–H and O–H groups in total. The van der Waals surface area contributed by atoms with Crippen molar-refractivity contribution in [2.75, 3.05) is 7.05 Å². The largest absolute Gasteiger partial charge is 0.313 e. The zero-order valence-electron chi connectivity index (χ0n) is 10.5. The summed E-state index contributed by atoms with van der Waals surface area (Å²) in [5.41, 5.74) is 4.61. The first kappa shape index (κ1) is 11.2. The third kappa shape index (κ3) is 1.80. The number of aryl methyl sites for hydroxylation is 2. The van der Waals surface area contributed by atoms with Crippen LogP contribution in [0.1, 0.15) is 42.5 Å². The predicted octanol–water partition coefficient (Wildman–Crippen LogP) is 4.06. The molecule has 1 aliphatic carbocycles. The molecule has 1 aromatic heterocycles. The summed E-state index contributed by atoms with van der Waals surface area (Å²) in [6.45, 7) is 2.25. The first-order valence-corrected chi connectivity index (χ1v) is 7.41.